The van der Waals surface area contributed by atoms with Crippen LogP contribution in [-0.4, -0.2) is 31.6 Å². The maximum atomic E-state index is 5.33. The molecule has 1 saturated carbocycles. The lowest BCUT2D eigenvalue weighted by atomic mass is 9.66. The molecule has 0 aromatic heterocycles. The van der Waals surface area contributed by atoms with Gasteiger partial charge in [0.25, 0.3) is 0 Å². The Hall–Kier alpha value is -0.670. The molecule has 1 aromatic carbocycles. The molecule has 2 nitrogen and oxygen atoms in total. The van der Waals surface area contributed by atoms with Crippen molar-refractivity contribution in [2.45, 2.75) is 48.5 Å². The van der Waals surface area contributed by atoms with E-state index in [0.29, 0.717) is 11.5 Å². The number of benzene rings is 1. The first-order valence-electron chi connectivity index (χ1n) is 7.25. The van der Waals surface area contributed by atoms with Crippen molar-refractivity contribution in [2.24, 2.45) is 0 Å². The first-order valence-corrected chi connectivity index (χ1v) is 7.70. The molecular formula is C16H23NOS. The van der Waals surface area contributed by atoms with Gasteiger partial charge >= 0.3 is 0 Å². The standard InChI is InChI=1S/C16H23NOS/c1-17-10-9-16(8-4-3-5-15(16)17)12-6-7-13(18-2)14(19)11-12/h6-7,11,15,19H,3-5,8-10H2,1-2H3/t15?,16-/m0/s1. The molecule has 3 rings (SSSR count). The third-order valence-corrected chi connectivity index (χ3v) is 5.53. The van der Waals surface area contributed by atoms with E-state index in [1.807, 2.05) is 0 Å². The number of hydrogen-bond donors (Lipinski definition) is 1. The van der Waals surface area contributed by atoms with Crippen molar-refractivity contribution in [3.05, 3.63) is 23.8 Å². The Kier molecular flexibility index (Phi) is 3.52. The maximum Gasteiger partial charge on any atom is 0.132 e. The lowest BCUT2D eigenvalue weighted by molar-refractivity contribution is 0.181. The van der Waals surface area contributed by atoms with Crippen LogP contribution in [0, 0.1) is 0 Å². The molecule has 1 aromatic rings. The highest BCUT2D eigenvalue weighted by Gasteiger charge is 2.48. The van der Waals surface area contributed by atoms with Crippen LogP contribution >= 0.6 is 12.6 Å². The van der Waals surface area contributed by atoms with Crippen molar-refractivity contribution in [1.82, 2.24) is 4.90 Å². The van der Waals surface area contributed by atoms with Crippen LogP contribution in [0.5, 0.6) is 5.75 Å². The molecule has 2 aliphatic rings. The first-order chi connectivity index (χ1) is 9.17. The number of fused-ring (bicyclic) bond motifs is 1. The second kappa shape index (κ2) is 5.02. The zero-order valence-corrected chi connectivity index (χ0v) is 12.7. The molecule has 0 spiro atoms. The van der Waals surface area contributed by atoms with E-state index in [2.05, 4.69) is 42.8 Å². The van der Waals surface area contributed by atoms with E-state index in [1.54, 1.807) is 7.11 Å². The average molecular weight is 277 g/mol. The minimum atomic E-state index is 0.358. The van der Waals surface area contributed by atoms with Crippen molar-refractivity contribution in [2.75, 3.05) is 20.7 Å². The molecular weight excluding hydrogens is 254 g/mol. The third kappa shape index (κ3) is 2.07. The number of rotatable bonds is 2. The monoisotopic (exact) mass is 277 g/mol. The normalized spacial score (nSPS) is 31.2. The minimum Gasteiger partial charge on any atom is -0.496 e. The van der Waals surface area contributed by atoms with Gasteiger partial charge in [0.1, 0.15) is 5.75 Å². The van der Waals surface area contributed by atoms with Gasteiger partial charge in [0.15, 0.2) is 0 Å². The van der Waals surface area contributed by atoms with Gasteiger partial charge in [-0.3, -0.25) is 0 Å². The van der Waals surface area contributed by atoms with E-state index in [0.717, 1.165) is 10.6 Å². The summed E-state index contributed by atoms with van der Waals surface area (Å²) in [6.07, 6.45) is 6.68. The van der Waals surface area contributed by atoms with Crippen LogP contribution in [0.4, 0.5) is 0 Å². The Labute approximate surface area is 121 Å². The van der Waals surface area contributed by atoms with E-state index >= 15 is 0 Å². The molecule has 0 radical (unpaired) electrons. The molecule has 1 saturated heterocycles. The summed E-state index contributed by atoms with van der Waals surface area (Å²) in [6, 6.07) is 7.29. The third-order valence-electron chi connectivity index (χ3n) is 5.18. The fraction of sp³-hybridized carbons (Fsp3) is 0.625. The van der Waals surface area contributed by atoms with Gasteiger partial charge in [0, 0.05) is 16.4 Å². The summed E-state index contributed by atoms with van der Waals surface area (Å²) in [6.45, 7) is 1.22. The highest BCUT2D eigenvalue weighted by molar-refractivity contribution is 7.80. The fourth-order valence-corrected chi connectivity index (χ4v) is 4.47. The van der Waals surface area contributed by atoms with E-state index < -0.39 is 0 Å². The number of likely N-dealkylation sites (N-methyl/N-ethyl adjacent to an activating group) is 1. The number of hydrogen-bond acceptors (Lipinski definition) is 3. The molecule has 1 aliphatic heterocycles. The molecule has 1 unspecified atom stereocenters. The Morgan fingerprint density at radius 2 is 2.16 bits per heavy atom. The topological polar surface area (TPSA) is 12.5 Å². The van der Waals surface area contributed by atoms with Gasteiger partial charge < -0.3 is 9.64 Å². The molecule has 1 heterocycles. The molecule has 3 heteroatoms. The van der Waals surface area contributed by atoms with Crippen LogP contribution in [-0.2, 0) is 5.41 Å². The first kappa shape index (κ1) is 13.3. The van der Waals surface area contributed by atoms with Crippen LogP contribution in [0.2, 0.25) is 0 Å². The molecule has 2 atom stereocenters. The largest absolute Gasteiger partial charge is 0.496 e. The number of methoxy groups -OCH3 is 1. The second-order valence-corrected chi connectivity index (χ2v) is 6.52. The smallest absolute Gasteiger partial charge is 0.132 e. The Bertz CT molecular complexity index is 472. The van der Waals surface area contributed by atoms with Gasteiger partial charge in [0.05, 0.1) is 7.11 Å². The molecule has 0 bridgehead atoms. The van der Waals surface area contributed by atoms with Crippen LogP contribution < -0.4 is 4.74 Å². The van der Waals surface area contributed by atoms with E-state index in [9.17, 15) is 0 Å². The average Bonchev–Trinajstić information content (AvgIpc) is 2.78. The summed E-state index contributed by atoms with van der Waals surface area (Å²) < 4.78 is 5.33. The fourth-order valence-electron chi connectivity index (χ4n) is 4.17. The Balaban J connectivity index is 2.01. The van der Waals surface area contributed by atoms with Gasteiger partial charge in [-0.2, -0.15) is 0 Å². The predicted molar refractivity (Wildman–Crippen MR) is 81.4 cm³/mol. The summed E-state index contributed by atoms with van der Waals surface area (Å²) in [5, 5.41) is 0. The van der Waals surface area contributed by atoms with Gasteiger partial charge in [-0.05, 0) is 50.6 Å². The highest BCUT2D eigenvalue weighted by atomic mass is 32.1. The number of nitrogens with zero attached hydrogens (tertiary/aromatic N) is 1. The van der Waals surface area contributed by atoms with Crippen LogP contribution in [0.25, 0.3) is 0 Å². The quantitative estimate of drug-likeness (QED) is 0.831. The number of ether oxygens (including phenoxy) is 1. The van der Waals surface area contributed by atoms with Crippen LogP contribution in [0.1, 0.15) is 37.7 Å². The van der Waals surface area contributed by atoms with Crippen molar-refractivity contribution < 1.29 is 4.74 Å². The number of likely N-dealkylation sites (tertiary alicyclic amines) is 1. The summed E-state index contributed by atoms with van der Waals surface area (Å²) in [4.78, 5) is 3.52. The molecule has 0 amide bonds. The predicted octanol–water partition coefficient (Wildman–Crippen LogP) is 3.50. The van der Waals surface area contributed by atoms with Gasteiger partial charge in [0.2, 0.25) is 0 Å². The molecule has 19 heavy (non-hydrogen) atoms. The van der Waals surface area contributed by atoms with Crippen molar-refractivity contribution in [1.29, 1.82) is 0 Å². The highest BCUT2D eigenvalue weighted by Crippen LogP contribution is 2.49. The molecule has 2 fully saturated rings. The van der Waals surface area contributed by atoms with Crippen LogP contribution in [0.3, 0.4) is 0 Å². The number of thiol groups is 1. The Morgan fingerprint density at radius 1 is 1.32 bits per heavy atom. The van der Waals surface area contributed by atoms with Crippen molar-refractivity contribution >= 4 is 12.6 Å². The van der Waals surface area contributed by atoms with Gasteiger partial charge in [-0.15, -0.1) is 12.6 Å². The van der Waals surface area contributed by atoms with E-state index in [-0.39, 0.29) is 0 Å². The van der Waals surface area contributed by atoms with E-state index in [1.165, 1.54) is 44.2 Å². The summed E-state index contributed by atoms with van der Waals surface area (Å²) in [7, 11) is 3.99. The molecule has 104 valence electrons. The van der Waals surface area contributed by atoms with Gasteiger partial charge in [-0.1, -0.05) is 18.9 Å². The minimum absolute atomic E-state index is 0.358. The van der Waals surface area contributed by atoms with Crippen LogP contribution in [0.15, 0.2) is 23.1 Å². The zero-order chi connectivity index (χ0) is 13.5. The van der Waals surface area contributed by atoms with Gasteiger partial charge in [-0.25, -0.2) is 0 Å². The lowest BCUT2D eigenvalue weighted by Crippen LogP contribution is -2.43. The second-order valence-electron chi connectivity index (χ2n) is 6.03. The zero-order valence-electron chi connectivity index (χ0n) is 11.9. The lowest BCUT2D eigenvalue weighted by Gasteiger charge is -2.42. The maximum absolute atomic E-state index is 5.33. The SMILES string of the molecule is COc1ccc([C@@]23CCCCC2N(C)CC3)cc1S. The summed E-state index contributed by atoms with van der Waals surface area (Å²) in [5.74, 6) is 0.877. The summed E-state index contributed by atoms with van der Waals surface area (Å²) >= 11 is 4.58. The molecule has 1 aliphatic carbocycles. The summed E-state index contributed by atoms with van der Waals surface area (Å²) in [5.41, 5.74) is 1.82. The van der Waals surface area contributed by atoms with E-state index in [4.69, 9.17) is 4.74 Å². The van der Waals surface area contributed by atoms with Crippen molar-refractivity contribution in [3.8, 4) is 5.75 Å². The van der Waals surface area contributed by atoms with Crippen molar-refractivity contribution in [3.63, 3.8) is 0 Å². The molecule has 0 N–H and O–H groups in total. The Morgan fingerprint density at radius 3 is 2.89 bits per heavy atom.